The Morgan fingerprint density at radius 2 is 1.76 bits per heavy atom. The molecule has 0 fully saturated rings. The number of aliphatic hydroxyl groups is 1. The molecular formula is C17H18Br2O2. The average molecular weight is 414 g/mol. The summed E-state index contributed by atoms with van der Waals surface area (Å²) in [4.78, 5) is 0. The second-order valence-electron chi connectivity index (χ2n) is 4.97. The summed E-state index contributed by atoms with van der Waals surface area (Å²) in [7, 11) is 0. The van der Waals surface area contributed by atoms with E-state index in [0.29, 0.717) is 6.61 Å². The van der Waals surface area contributed by atoms with E-state index in [2.05, 4.69) is 44.0 Å². The van der Waals surface area contributed by atoms with E-state index in [4.69, 9.17) is 4.74 Å². The minimum atomic E-state index is 0.178. The fourth-order valence-corrected chi connectivity index (χ4v) is 2.75. The smallest absolute Gasteiger partial charge is 0.120 e. The van der Waals surface area contributed by atoms with Gasteiger partial charge in [-0.3, -0.25) is 0 Å². The summed E-state index contributed by atoms with van der Waals surface area (Å²) in [6, 6.07) is 16.0. The van der Waals surface area contributed by atoms with Crippen LogP contribution < -0.4 is 4.74 Å². The Balaban J connectivity index is 1.81. The fraction of sp³-hybridized carbons (Fsp3) is 0.294. The Morgan fingerprint density at radius 3 is 2.43 bits per heavy atom. The monoisotopic (exact) mass is 412 g/mol. The van der Waals surface area contributed by atoms with Crippen molar-refractivity contribution in [2.75, 3.05) is 13.2 Å². The van der Waals surface area contributed by atoms with Crippen molar-refractivity contribution in [2.24, 2.45) is 5.92 Å². The van der Waals surface area contributed by atoms with E-state index in [1.807, 2.05) is 36.4 Å². The van der Waals surface area contributed by atoms with Gasteiger partial charge in [0.05, 0.1) is 6.61 Å². The maximum atomic E-state index is 9.51. The van der Waals surface area contributed by atoms with Crippen molar-refractivity contribution in [3.05, 3.63) is 63.0 Å². The second kappa shape index (κ2) is 8.57. The van der Waals surface area contributed by atoms with Gasteiger partial charge < -0.3 is 9.84 Å². The first-order valence-corrected chi connectivity index (χ1v) is 8.49. The molecule has 0 radical (unpaired) electrons. The van der Waals surface area contributed by atoms with E-state index in [0.717, 1.165) is 27.5 Å². The molecule has 112 valence electrons. The van der Waals surface area contributed by atoms with Gasteiger partial charge in [0, 0.05) is 15.6 Å². The largest absolute Gasteiger partial charge is 0.494 e. The van der Waals surface area contributed by atoms with Gasteiger partial charge in [0.2, 0.25) is 0 Å². The van der Waals surface area contributed by atoms with Crippen LogP contribution in [0.3, 0.4) is 0 Å². The first-order chi connectivity index (χ1) is 10.2. The highest BCUT2D eigenvalue weighted by Gasteiger charge is 2.09. The highest BCUT2D eigenvalue weighted by Crippen LogP contribution is 2.19. The number of benzene rings is 2. The van der Waals surface area contributed by atoms with Crippen LogP contribution in [0.2, 0.25) is 0 Å². The number of aliphatic hydroxyl groups excluding tert-OH is 1. The van der Waals surface area contributed by atoms with Gasteiger partial charge in [-0.25, -0.2) is 0 Å². The van der Waals surface area contributed by atoms with E-state index in [1.54, 1.807) is 0 Å². The van der Waals surface area contributed by atoms with E-state index >= 15 is 0 Å². The van der Waals surface area contributed by atoms with Gasteiger partial charge >= 0.3 is 0 Å². The van der Waals surface area contributed by atoms with E-state index in [9.17, 15) is 5.11 Å². The lowest BCUT2D eigenvalue weighted by molar-refractivity contribution is 0.190. The molecule has 0 saturated heterocycles. The summed E-state index contributed by atoms with van der Waals surface area (Å²) in [5.74, 6) is 1.07. The van der Waals surface area contributed by atoms with Crippen LogP contribution in [-0.4, -0.2) is 18.3 Å². The number of hydrogen-bond acceptors (Lipinski definition) is 2. The van der Waals surface area contributed by atoms with Gasteiger partial charge in [0.1, 0.15) is 5.75 Å². The third-order valence-corrected chi connectivity index (χ3v) is 4.31. The molecule has 0 bridgehead atoms. The molecule has 4 heteroatoms. The van der Waals surface area contributed by atoms with Crippen molar-refractivity contribution in [2.45, 2.75) is 12.8 Å². The normalized spacial score (nSPS) is 12.1. The molecule has 1 unspecified atom stereocenters. The Hall–Kier alpha value is -0.840. The topological polar surface area (TPSA) is 29.5 Å². The van der Waals surface area contributed by atoms with Crippen molar-refractivity contribution in [1.82, 2.24) is 0 Å². The average Bonchev–Trinajstić information content (AvgIpc) is 2.48. The molecule has 21 heavy (non-hydrogen) atoms. The van der Waals surface area contributed by atoms with Crippen molar-refractivity contribution in [3.8, 4) is 5.75 Å². The zero-order valence-corrected chi connectivity index (χ0v) is 14.8. The molecule has 2 rings (SSSR count). The van der Waals surface area contributed by atoms with Crippen LogP contribution in [0, 0.1) is 5.92 Å². The van der Waals surface area contributed by atoms with Crippen LogP contribution in [0.25, 0.3) is 0 Å². The summed E-state index contributed by atoms with van der Waals surface area (Å²) in [6.45, 7) is 0.788. The van der Waals surface area contributed by atoms with Gasteiger partial charge in [0.15, 0.2) is 0 Å². The van der Waals surface area contributed by atoms with Crippen molar-refractivity contribution in [1.29, 1.82) is 0 Å². The third-order valence-electron chi connectivity index (χ3n) is 3.29. The van der Waals surface area contributed by atoms with Gasteiger partial charge in [-0.15, -0.1) is 0 Å². The zero-order chi connectivity index (χ0) is 15.1. The summed E-state index contributed by atoms with van der Waals surface area (Å²) < 4.78 is 7.81. The van der Waals surface area contributed by atoms with Crippen LogP contribution in [0.4, 0.5) is 0 Å². The van der Waals surface area contributed by atoms with Crippen LogP contribution in [0.15, 0.2) is 57.5 Å². The van der Waals surface area contributed by atoms with Crippen molar-refractivity contribution >= 4 is 31.9 Å². The lowest BCUT2D eigenvalue weighted by atomic mass is 9.97. The molecule has 0 aromatic heterocycles. The molecular weight excluding hydrogens is 396 g/mol. The molecule has 0 saturated carbocycles. The summed E-state index contributed by atoms with van der Waals surface area (Å²) >= 11 is 6.85. The van der Waals surface area contributed by atoms with E-state index in [1.165, 1.54) is 5.56 Å². The molecule has 1 atom stereocenters. The van der Waals surface area contributed by atoms with Crippen LogP contribution in [-0.2, 0) is 6.42 Å². The van der Waals surface area contributed by atoms with E-state index in [-0.39, 0.29) is 12.5 Å². The SMILES string of the molecule is OCC(CCOc1cccc(Br)c1)Cc1ccc(Br)cc1. The molecule has 0 amide bonds. The molecule has 1 N–H and O–H groups in total. The maximum absolute atomic E-state index is 9.51. The van der Waals surface area contributed by atoms with Gasteiger partial charge in [0.25, 0.3) is 0 Å². The number of ether oxygens (including phenoxy) is 1. The quantitative estimate of drug-likeness (QED) is 0.704. The Kier molecular flexibility index (Phi) is 6.74. The highest BCUT2D eigenvalue weighted by molar-refractivity contribution is 9.10. The minimum Gasteiger partial charge on any atom is -0.494 e. The van der Waals surface area contributed by atoms with Crippen molar-refractivity contribution < 1.29 is 9.84 Å². The summed E-state index contributed by atoms with van der Waals surface area (Å²) in [6.07, 6.45) is 1.70. The number of halogens is 2. The molecule has 2 aromatic carbocycles. The first-order valence-electron chi connectivity index (χ1n) is 6.91. The highest BCUT2D eigenvalue weighted by atomic mass is 79.9. The van der Waals surface area contributed by atoms with Crippen LogP contribution in [0.1, 0.15) is 12.0 Å². The Bertz CT molecular complexity index is 555. The molecule has 0 spiro atoms. The summed E-state index contributed by atoms with van der Waals surface area (Å²) in [5, 5.41) is 9.51. The van der Waals surface area contributed by atoms with Gasteiger partial charge in [-0.1, -0.05) is 50.1 Å². The zero-order valence-electron chi connectivity index (χ0n) is 11.6. The predicted molar refractivity (Wildman–Crippen MR) is 92.7 cm³/mol. The Labute approximate surface area is 142 Å². The third kappa shape index (κ3) is 5.81. The predicted octanol–water partition coefficient (Wildman–Crippen LogP) is 4.83. The van der Waals surface area contributed by atoms with Gasteiger partial charge in [-0.2, -0.15) is 0 Å². The molecule has 2 aromatic rings. The molecule has 0 aliphatic carbocycles. The first kappa shape index (κ1) is 16.5. The lowest BCUT2D eigenvalue weighted by Gasteiger charge is -2.15. The molecule has 0 aliphatic heterocycles. The fourth-order valence-electron chi connectivity index (χ4n) is 2.11. The second-order valence-corrected chi connectivity index (χ2v) is 6.81. The van der Waals surface area contributed by atoms with Gasteiger partial charge in [-0.05, 0) is 54.7 Å². The maximum Gasteiger partial charge on any atom is 0.120 e. The van der Waals surface area contributed by atoms with E-state index < -0.39 is 0 Å². The molecule has 0 aliphatic rings. The number of rotatable bonds is 7. The standard InChI is InChI=1S/C17H18Br2O2/c18-15-6-4-13(5-7-15)10-14(12-20)8-9-21-17-3-1-2-16(19)11-17/h1-7,11,14,20H,8-10,12H2. The van der Waals surface area contributed by atoms with Crippen molar-refractivity contribution in [3.63, 3.8) is 0 Å². The molecule has 2 nitrogen and oxygen atoms in total. The summed E-state index contributed by atoms with van der Waals surface area (Å²) in [5.41, 5.74) is 1.24. The number of hydrogen-bond donors (Lipinski definition) is 1. The lowest BCUT2D eigenvalue weighted by Crippen LogP contribution is -2.14. The molecule has 0 heterocycles. The Morgan fingerprint density at radius 1 is 1.00 bits per heavy atom. The van der Waals surface area contributed by atoms with Crippen LogP contribution >= 0.6 is 31.9 Å². The minimum absolute atomic E-state index is 0.178. The van der Waals surface area contributed by atoms with Crippen LogP contribution in [0.5, 0.6) is 5.75 Å².